The van der Waals surface area contributed by atoms with Gasteiger partial charge in [0.1, 0.15) is 17.9 Å². The van der Waals surface area contributed by atoms with Gasteiger partial charge in [0, 0.05) is 11.6 Å². The van der Waals surface area contributed by atoms with E-state index in [-0.39, 0.29) is 35.1 Å². The number of hydrogen-bond donors (Lipinski definition) is 0. The van der Waals surface area contributed by atoms with E-state index in [9.17, 15) is 14.0 Å². The maximum Gasteiger partial charge on any atom is 0.360 e. The molecule has 0 N–H and O–H groups in total. The Morgan fingerprint density at radius 1 is 0.853 bits per heavy atom. The lowest BCUT2D eigenvalue weighted by molar-refractivity contribution is 0.0583. The molecule has 172 valence electrons. The second-order valence-electron chi connectivity index (χ2n) is 7.44. The van der Waals surface area contributed by atoms with Crippen LogP contribution in [0.2, 0.25) is 0 Å². The summed E-state index contributed by atoms with van der Waals surface area (Å²) >= 11 is 0. The van der Waals surface area contributed by atoms with Crippen LogP contribution in [0.3, 0.4) is 0 Å². The Kier molecular flexibility index (Phi) is 6.77. The zero-order valence-electron chi connectivity index (χ0n) is 18.6. The highest BCUT2D eigenvalue weighted by Crippen LogP contribution is 2.32. The zero-order valence-corrected chi connectivity index (χ0v) is 18.6. The van der Waals surface area contributed by atoms with Gasteiger partial charge in [-0.05, 0) is 41.3 Å². The average molecular weight is 460 g/mol. The number of halogens is 1. The quantitative estimate of drug-likeness (QED) is 0.375. The number of hydrogen-bond acceptors (Lipinski definition) is 7. The van der Waals surface area contributed by atoms with Crippen molar-refractivity contribution in [3.63, 3.8) is 0 Å². The van der Waals surface area contributed by atoms with E-state index < -0.39 is 11.9 Å². The Hall–Kier alpha value is -4.33. The minimum Gasteiger partial charge on any atom is -0.484 e. The highest BCUT2D eigenvalue weighted by molar-refractivity contribution is 6.07. The summed E-state index contributed by atoms with van der Waals surface area (Å²) in [6, 6.07) is 17.2. The van der Waals surface area contributed by atoms with Gasteiger partial charge in [0.25, 0.3) is 0 Å². The first kappa shape index (κ1) is 22.8. The van der Waals surface area contributed by atoms with Crippen LogP contribution in [0.5, 0.6) is 5.75 Å². The summed E-state index contributed by atoms with van der Waals surface area (Å²) < 4.78 is 29.0. The summed E-state index contributed by atoms with van der Waals surface area (Å²) in [5.74, 6) is -1.72. The smallest absolute Gasteiger partial charge is 0.360 e. The number of fused-ring (bicyclic) bond motifs is 1. The van der Waals surface area contributed by atoms with Gasteiger partial charge in [-0.3, -0.25) is 4.98 Å². The molecule has 0 aliphatic carbocycles. The summed E-state index contributed by atoms with van der Waals surface area (Å²) in [4.78, 5) is 33.8. The third-order valence-electron chi connectivity index (χ3n) is 5.16. The first-order valence-electron chi connectivity index (χ1n) is 10.4. The van der Waals surface area contributed by atoms with Gasteiger partial charge < -0.3 is 14.2 Å². The molecule has 0 amide bonds. The SMILES string of the molecule is COC(=O)c1nc(C(=O)OC)c2cc(Cc3ccc(F)cc3)cnc2c1OCc1ccccc1. The van der Waals surface area contributed by atoms with Gasteiger partial charge >= 0.3 is 11.9 Å². The predicted octanol–water partition coefficient (Wildman–Crippen LogP) is 4.51. The Balaban J connectivity index is 1.84. The van der Waals surface area contributed by atoms with Crippen molar-refractivity contribution >= 4 is 22.8 Å². The lowest BCUT2D eigenvalue weighted by atomic mass is 10.0. The normalized spacial score (nSPS) is 10.7. The van der Waals surface area contributed by atoms with E-state index in [1.807, 2.05) is 30.3 Å². The standard InChI is InChI=1S/C26H21FN2O5/c1-32-25(30)22-20-13-18(12-16-8-10-19(27)11-9-16)14-28-21(20)24(23(29-22)26(31)33-2)34-15-17-6-4-3-5-7-17/h3-11,13-14H,12,15H2,1-2H3. The molecule has 2 heterocycles. The molecule has 7 nitrogen and oxygen atoms in total. The van der Waals surface area contributed by atoms with Crippen molar-refractivity contribution < 1.29 is 28.2 Å². The number of carbonyl (C=O) groups is 2. The second kappa shape index (κ2) is 10.1. The van der Waals surface area contributed by atoms with Crippen LogP contribution in [0.15, 0.2) is 66.9 Å². The minimum absolute atomic E-state index is 0.0848. The summed E-state index contributed by atoms with van der Waals surface area (Å²) in [7, 11) is 2.44. The van der Waals surface area contributed by atoms with Crippen molar-refractivity contribution in [2.24, 2.45) is 0 Å². The number of carbonyl (C=O) groups excluding carboxylic acids is 2. The van der Waals surface area contributed by atoms with Crippen LogP contribution in [0.1, 0.15) is 37.7 Å². The molecule has 0 fully saturated rings. The number of esters is 2. The van der Waals surface area contributed by atoms with Crippen molar-refractivity contribution in [3.05, 3.63) is 101 Å². The summed E-state index contributed by atoms with van der Waals surface area (Å²) in [5, 5.41) is 0.363. The van der Waals surface area contributed by atoms with Gasteiger partial charge in [0.2, 0.25) is 0 Å². The Morgan fingerprint density at radius 2 is 1.53 bits per heavy atom. The van der Waals surface area contributed by atoms with E-state index in [1.54, 1.807) is 24.4 Å². The topological polar surface area (TPSA) is 87.6 Å². The zero-order chi connectivity index (χ0) is 24.1. The van der Waals surface area contributed by atoms with Gasteiger partial charge in [-0.15, -0.1) is 0 Å². The van der Waals surface area contributed by atoms with E-state index in [0.29, 0.717) is 11.8 Å². The fraction of sp³-hybridized carbons (Fsp3) is 0.154. The van der Waals surface area contributed by atoms with Gasteiger partial charge in [0.05, 0.1) is 14.2 Å². The average Bonchev–Trinajstić information content (AvgIpc) is 2.88. The van der Waals surface area contributed by atoms with Gasteiger partial charge in [-0.2, -0.15) is 0 Å². The largest absolute Gasteiger partial charge is 0.484 e. The minimum atomic E-state index is -0.771. The lowest BCUT2D eigenvalue weighted by Gasteiger charge is -2.15. The second-order valence-corrected chi connectivity index (χ2v) is 7.44. The van der Waals surface area contributed by atoms with E-state index in [1.165, 1.54) is 26.4 Å². The molecule has 0 atom stereocenters. The number of aromatic nitrogens is 2. The van der Waals surface area contributed by atoms with Crippen LogP contribution in [0, 0.1) is 5.82 Å². The maximum atomic E-state index is 13.3. The molecule has 2 aromatic carbocycles. The Bertz CT molecular complexity index is 1340. The highest BCUT2D eigenvalue weighted by Gasteiger charge is 2.26. The number of pyridine rings is 2. The molecule has 34 heavy (non-hydrogen) atoms. The molecule has 0 saturated heterocycles. The van der Waals surface area contributed by atoms with Crippen molar-refractivity contribution in [1.82, 2.24) is 9.97 Å². The lowest BCUT2D eigenvalue weighted by Crippen LogP contribution is -2.15. The molecule has 0 bridgehead atoms. The predicted molar refractivity (Wildman–Crippen MR) is 122 cm³/mol. The molecule has 4 rings (SSSR count). The number of ether oxygens (including phenoxy) is 3. The van der Waals surface area contributed by atoms with Crippen molar-refractivity contribution in [1.29, 1.82) is 0 Å². The first-order valence-corrected chi connectivity index (χ1v) is 10.4. The van der Waals surface area contributed by atoms with Crippen molar-refractivity contribution in [2.75, 3.05) is 14.2 Å². The van der Waals surface area contributed by atoms with Gasteiger partial charge in [0.15, 0.2) is 17.1 Å². The Morgan fingerprint density at radius 3 is 2.21 bits per heavy atom. The molecule has 4 aromatic rings. The number of benzene rings is 2. The maximum absolute atomic E-state index is 13.3. The van der Waals surface area contributed by atoms with Crippen molar-refractivity contribution in [3.8, 4) is 5.75 Å². The highest BCUT2D eigenvalue weighted by atomic mass is 19.1. The molecule has 0 spiro atoms. The molecule has 0 unspecified atom stereocenters. The van der Waals surface area contributed by atoms with Crippen LogP contribution in [0.4, 0.5) is 4.39 Å². The fourth-order valence-corrected chi connectivity index (χ4v) is 3.49. The summed E-state index contributed by atoms with van der Waals surface area (Å²) in [5.41, 5.74) is 2.50. The van der Waals surface area contributed by atoms with Crippen LogP contribution in [-0.4, -0.2) is 36.1 Å². The fourth-order valence-electron chi connectivity index (χ4n) is 3.49. The molecule has 2 aromatic heterocycles. The third-order valence-corrected chi connectivity index (χ3v) is 5.16. The first-order chi connectivity index (χ1) is 16.5. The van der Waals surface area contributed by atoms with Crippen LogP contribution < -0.4 is 4.74 Å². The third kappa shape index (κ3) is 4.85. The molecule has 0 aliphatic heterocycles. The molecular weight excluding hydrogens is 439 g/mol. The van der Waals surface area contributed by atoms with E-state index >= 15 is 0 Å². The summed E-state index contributed by atoms with van der Waals surface area (Å²) in [6.45, 7) is 0.151. The van der Waals surface area contributed by atoms with Gasteiger partial charge in [-0.1, -0.05) is 42.5 Å². The number of methoxy groups -OCH3 is 2. The van der Waals surface area contributed by atoms with Crippen LogP contribution in [0.25, 0.3) is 10.9 Å². The number of nitrogens with zero attached hydrogens (tertiary/aromatic N) is 2. The molecule has 8 heteroatoms. The van der Waals surface area contributed by atoms with Crippen LogP contribution >= 0.6 is 0 Å². The Labute approximate surface area is 195 Å². The van der Waals surface area contributed by atoms with E-state index in [0.717, 1.165) is 16.7 Å². The molecule has 0 saturated carbocycles. The molecule has 0 radical (unpaired) electrons. The molecular formula is C26H21FN2O5. The molecule has 0 aliphatic rings. The van der Waals surface area contributed by atoms with Gasteiger partial charge in [-0.25, -0.2) is 19.0 Å². The van der Waals surface area contributed by atoms with E-state index in [4.69, 9.17) is 14.2 Å². The van der Waals surface area contributed by atoms with Crippen LogP contribution in [-0.2, 0) is 22.5 Å². The monoisotopic (exact) mass is 460 g/mol. The van der Waals surface area contributed by atoms with E-state index in [2.05, 4.69) is 9.97 Å². The summed E-state index contributed by atoms with van der Waals surface area (Å²) in [6.07, 6.45) is 2.06. The van der Waals surface area contributed by atoms with Crippen molar-refractivity contribution in [2.45, 2.75) is 13.0 Å². The number of rotatable bonds is 7.